The lowest BCUT2D eigenvalue weighted by molar-refractivity contribution is -0.130. The number of ketones is 1. The Morgan fingerprint density at radius 3 is 1.50 bits per heavy atom. The molecule has 8 heteroatoms. The summed E-state index contributed by atoms with van der Waals surface area (Å²) in [6.45, 7) is 15.4. The van der Waals surface area contributed by atoms with Crippen LogP contribution < -0.4 is 0 Å². The Balaban J connectivity index is 5.12. The molecule has 0 saturated heterocycles. The number of thioether (sulfide) groups is 1. The molecular formula is C32H65NO5SSi. The zero-order valence-electron chi connectivity index (χ0n) is 27.2. The van der Waals surface area contributed by atoms with Crippen molar-refractivity contribution < 1.29 is 22.9 Å². The molecule has 0 aromatic heterocycles. The van der Waals surface area contributed by atoms with Crippen LogP contribution in [0, 0.1) is 0 Å². The third kappa shape index (κ3) is 21.5. The fourth-order valence-corrected chi connectivity index (χ4v) is 8.62. The average Bonchev–Trinajstić information content (AvgIpc) is 2.94. The molecule has 0 aromatic rings. The summed E-state index contributed by atoms with van der Waals surface area (Å²) in [5, 5.41) is -0.371. The quantitative estimate of drug-likeness (QED) is 0.0351. The van der Waals surface area contributed by atoms with Gasteiger partial charge in [-0.1, -0.05) is 129 Å². The van der Waals surface area contributed by atoms with E-state index in [2.05, 4.69) is 39.5 Å². The summed E-state index contributed by atoms with van der Waals surface area (Å²) in [6, 6.07) is 0.671. The zero-order valence-corrected chi connectivity index (χ0v) is 29.1. The molecular weight excluding hydrogens is 539 g/mol. The van der Waals surface area contributed by atoms with E-state index in [-0.39, 0.29) is 11.3 Å². The van der Waals surface area contributed by atoms with Crippen LogP contribution in [0.1, 0.15) is 151 Å². The SMILES string of the molecule is CCCCCCCCCCO[Si](CCCSC(=O)C(C)=O)(OCCCCCCCCCC)OC(C)N(CC)CC. The summed E-state index contributed by atoms with van der Waals surface area (Å²) in [7, 11) is -2.98. The molecule has 0 aliphatic carbocycles. The fraction of sp³-hybridized carbons (Fsp3) is 0.938. The Morgan fingerprint density at radius 1 is 0.675 bits per heavy atom. The maximum absolute atomic E-state index is 11.8. The third-order valence-electron chi connectivity index (χ3n) is 7.46. The van der Waals surface area contributed by atoms with E-state index in [1.54, 1.807) is 0 Å². The summed E-state index contributed by atoms with van der Waals surface area (Å²) in [5.74, 6) is 0.190. The molecule has 0 amide bonds. The zero-order chi connectivity index (χ0) is 29.9. The molecule has 0 radical (unpaired) electrons. The topological polar surface area (TPSA) is 65.1 Å². The number of hydrogen-bond donors (Lipinski definition) is 0. The number of Topliss-reactive ketones (excluding diaryl/α,β-unsaturated/α-hetero) is 1. The summed E-state index contributed by atoms with van der Waals surface area (Å²) in [6.07, 6.45) is 20.7. The van der Waals surface area contributed by atoms with Crippen molar-refractivity contribution in [2.75, 3.05) is 32.1 Å². The van der Waals surface area contributed by atoms with Crippen LogP contribution in [-0.4, -0.2) is 62.9 Å². The van der Waals surface area contributed by atoms with Gasteiger partial charge < -0.3 is 13.3 Å². The molecule has 1 unspecified atom stereocenters. The van der Waals surface area contributed by atoms with Crippen molar-refractivity contribution in [2.45, 2.75) is 163 Å². The van der Waals surface area contributed by atoms with E-state index >= 15 is 0 Å². The van der Waals surface area contributed by atoms with Gasteiger partial charge in [-0.3, -0.25) is 14.5 Å². The molecule has 0 bridgehead atoms. The third-order valence-corrected chi connectivity index (χ3v) is 11.5. The van der Waals surface area contributed by atoms with Crippen molar-refractivity contribution in [3.05, 3.63) is 0 Å². The first kappa shape index (κ1) is 39.7. The highest BCUT2D eigenvalue weighted by Crippen LogP contribution is 2.25. The second-order valence-corrected chi connectivity index (χ2v) is 14.8. The molecule has 0 heterocycles. The molecule has 0 fully saturated rings. The Bertz CT molecular complexity index is 584. The minimum atomic E-state index is -2.98. The van der Waals surface area contributed by atoms with Gasteiger partial charge in [-0.15, -0.1) is 0 Å². The first-order chi connectivity index (χ1) is 19.4. The van der Waals surface area contributed by atoms with Gasteiger partial charge in [0.25, 0.3) is 5.12 Å². The maximum Gasteiger partial charge on any atom is 0.502 e. The predicted molar refractivity (Wildman–Crippen MR) is 174 cm³/mol. The molecule has 0 aromatic carbocycles. The largest absolute Gasteiger partial charge is 0.502 e. The fourth-order valence-electron chi connectivity index (χ4n) is 4.87. The number of unbranched alkanes of at least 4 members (excludes halogenated alkanes) is 14. The Hall–Kier alpha value is -0.253. The first-order valence-corrected chi connectivity index (χ1v) is 19.6. The van der Waals surface area contributed by atoms with Gasteiger partial charge in [0.2, 0.25) is 5.78 Å². The van der Waals surface area contributed by atoms with Crippen LogP contribution in [0.5, 0.6) is 0 Å². The molecule has 40 heavy (non-hydrogen) atoms. The normalized spacial score (nSPS) is 12.8. The van der Waals surface area contributed by atoms with Crippen LogP contribution in [0.2, 0.25) is 6.04 Å². The molecule has 6 nitrogen and oxygen atoms in total. The van der Waals surface area contributed by atoms with Crippen molar-refractivity contribution in [3.8, 4) is 0 Å². The van der Waals surface area contributed by atoms with Gasteiger partial charge in [-0.05, 0) is 39.3 Å². The standard InChI is InChI=1S/C32H65NO5SSi/c1-7-11-13-15-17-19-21-23-26-36-40(38-31(6)33(9-3)10-4,29-25-28-39-32(35)30(5)34)37-27-24-22-20-18-16-14-12-8-2/h31H,7-29H2,1-6H3. The molecule has 238 valence electrons. The molecule has 0 aliphatic rings. The highest BCUT2D eigenvalue weighted by Gasteiger charge is 2.43. The number of rotatable bonds is 30. The van der Waals surface area contributed by atoms with Crippen LogP contribution >= 0.6 is 11.8 Å². The highest BCUT2D eigenvalue weighted by atomic mass is 32.2. The van der Waals surface area contributed by atoms with E-state index in [4.69, 9.17) is 13.3 Å². The summed E-state index contributed by atoms with van der Waals surface area (Å²) < 4.78 is 20.0. The lowest BCUT2D eigenvalue weighted by Crippen LogP contribution is -2.52. The summed E-state index contributed by atoms with van der Waals surface area (Å²) >= 11 is 1.10. The number of hydrogen-bond acceptors (Lipinski definition) is 7. The lowest BCUT2D eigenvalue weighted by Gasteiger charge is -2.36. The van der Waals surface area contributed by atoms with E-state index in [0.717, 1.165) is 44.1 Å². The highest BCUT2D eigenvalue weighted by molar-refractivity contribution is 8.15. The van der Waals surface area contributed by atoms with E-state index in [1.165, 1.54) is 96.8 Å². The number of nitrogens with zero attached hydrogens (tertiary/aromatic N) is 1. The van der Waals surface area contributed by atoms with Crippen molar-refractivity contribution in [3.63, 3.8) is 0 Å². The van der Waals surface area contributed by atoms with Crippen molar-refractivity contribution >= 4 is 31.5 Å². The second kappa shape index (κ2) is 27.6. The van der Waals surface area contributed by atoms with Gasteiger partial charge in [0.15, 0.2) is 0 Å². The lowest BCUT2D eigenvalue weighted by atomic mass is 10.1. The van der Waals surface area contributed by atoms with Crippen LogP contribution in [-0.2, 0) is 22.9 Å². The van der Waals surface area contributed by atoms with E-state index < -0.39 is 14.6 Å². The molecule has 0 saturated carbocycles. The van der Waals surface area contributed by atoms with E-state index in [1.807, 2.05) is 0 Å². The monoisotopic (exact) mass is 603 g/mol. The number of carbonyl (C=O) groups is 2. The van der Waals surface area contributed by atoms with Gasteiger partial charge in [-0.2, -0.15) is 0 Å². The van der Waals surface area contributed by atoms with E-state index in [9.17, 15) is 9.59 Å². The average molecular weight is 604 g/mol. The van der Waals surface area contributed by atoms with E-state index in [0.29, 0.717) is 25.0 Å². The van der Waals surface area contributed by atoms with Gasteiger partial charge in [0.1, 0.15) is 6.23 Å². The Labute approximate surface area is 253 Å². The Kier molecular flexibility index (Phi) is 27.4. The van der Waals surface area contributed by atoms with Crippen LogP contribution in [0.25, 0.3) is 0 Å². The maximum atomic E-state index is 11.8. The molecule has 0 rings (SSSR count). The summed E-state index contributed by atoms with van der Waals surface area (Å²) in [5.41, 5.74) is 0. The molecule has 0 aliphatic heterocycles. The van der Waals surface area contributed by atoms with Gasteiger partial charge in [0, 0.05) is 31.9 Å². The predicted octanol–water partition coefficient (Wildman–Crippen LogP) is 9.18. The van der Waals surface area contributed by atoms with Crippen LogP contribution in [0.15, 0.2) is 0 Å². The molecule has 0 spiro atoms. The minimum absolute atomic E-state index is 0.0923. The smallest absolute Gasteiger partial charge is 0.373 e. The van der Waals surface area contributed by atoms with Crippen molar-refractivity contribution in [1.82, 2.24) is 4.90 Å². The van der Waals surface area contributed by atoms with Crippen molar-refractivity contribution in [1.29, 1.82) is 0 Å². The van der Waals surface area contributed by atoms with Crippen LogP contribution in [0.3, 0.4) is 0 Å². The summed E-state index contributed by atoms with van der Waals surface area (Å²) in [4.78, 5) is 25.5. The van der Waals surface area contributed by atoms with Gasteiger partial charge >= 0.3 is 8.80 Å². The van der Waals surface area contributed by atoms with Gasteiger partial charge in [-0.25, -0.2) is 0 Å². The number of carbonyl (C=O) groups excluding carboxylic acids is 2. The van der Waals surface area contributed by atoms with Crippen LogP contribution in [0.4, 0.5) is 0 Å². The molecule has 0 N–H and O–H groups in total. The Morgan fingerprint density at radius 2 is 1.10 bits per heavy atom. The second-order valence-electron chi connectivity index (χ2n) is 11.1. The first-order valence-electron chi connectivity index (χ1n) is 16.7. The molecule has 1 atom stereocenters. The minimum Gasteiger partial charge on any atom is -0.373 e. The van der Waals surface area contributed by atoms with Gasteiger partial charge in [0.05, 0.1) is 0 Å². The van der Waals surface area contributed by atoms with Crippen molar-refractivity contribution in [2.24, 2.45) is 0 Å².